The van der Waals surface area contributed by atoms with Crippen molar-refractivity contribution in [2.45, 2.75) is 9.79 Å². The molecule has 0 atom stereocenters. The van der Waals surface area contributed by atoms with Crippen molar-refractivity contribution in [3.8, 4) is 0 Å². The van der Waals surface area contributed by atoms with Crippen LogP contribution in [0, 0.1) is 5.82 Å². The number of aromatic nitrogens is 1. The number of hydrogen-bond donors (Lipinski definition) is 1. The van der Waals surface area contributed by atoms with Gasteiger partial charge in [-0.1, -0.05) is 18.2 Å². The lowest BCUT2D eigenvalue weighted by Crippen LogP contribution is -2.44. The molecule has 0 amide bonds. The Balaban J connectivity index is 1.86. The normalized spacial score (nSPS) is 15.6. The molecule has 2 aromatic carbocycles. The third-order valence-electron chi connectivity index (χ3n) is 5.33. The van der Waals surface area contributed by atoms with Crippen LogP contribution in [-0.4, -0.2) is 58.6 Å². The summed E-state index contributed by atoms with van der Waals surface area (Å²) in [5, 5.41) is 3.75. The van der Waals surface area contributed by atoms with Gasteiger partial charge in [-0.05, 0) is 31.3 Å². The summed E-state index contributed by atoms with van der Waals surface area (Å²) in [5.41, 5.74) is 2.21. The number of rotatable bonds is 4. The van der Waals surface area contributed by atoms with E-state index in [-0.39, 0.29) is 9.79 Å². The van der Waals surface area contributed by atoms with E-state index in [4.69, 9.17) is 0 Å². The van der Waals surface area contributed by atoms with Gasteiger partial charge in [-0.15, -0.1) is 0 Å². The topological polar surface area (TPSA) is 65.5 Å². The van der Waals surface area contributed by atoms with Crippen molar-refractivity contribution in [1.82, 2.24) is 9.88 Å². The average Bonchev–Trinajstić information content (AvgIpc) is 2.73. The van der Waals surface area contributed by atoms with Gasteiger partial charge in [0.2, 0.25) is 9.84 Å². The number of piperazine rings is 1. The van der Waals surface area contributed by atoms with Crippen LogP contribution in [-0.2, 0) is 9.84 Å². The van der Waals surface area contributed by atoms with Gasteiger partial charge in [-0.25, -0.2) is 12.8 Å². The summed E-state index contributed by atoms with van der Waals surface area (Å²) in [6.07, 6.45) is 1.37. The first-order chi connectivity index (χ1) is 13.9. The molecule has 8 heteroatoms. The molecular formula is C21H23FN4O2S. The van der Waals surface area contributed by atoms with Gasteiger partial charge in [-0.3, -0.25) is 4.98 Å². The number of likely N-dealkylation sites (N-methyl/N-ethyl adjacent to an activating group) is 1. The van der Waals surface area contributed by atoms with Crippen LogP contribution >= 0.6 is 0 Å². The number of para-hydroxylation sites is 1. The number of anilines is 2. The minimum absolute atomic E-state index is 0.0358. The van der Waals surface area contributed by atoms with Crippen LogP contribution in [0.25, 0.3) is 10.9 Å². The van der Waals surface area contributed by atoms with Crippen molar-refractivity contribution >= 4 is 32.1 Å². The molecule has 0 spiro atoms. The van der Waals surface area contributed by atoms with Gasteiger partial charge < -0.3 is 15.1 Å². The molecule has 0 aliphatic carbocycles. The van der Waals surface area contributed by atoms with E-state index in [1.54, 1.807) is 7.05 Å². The number of halogens is 1. The van der Waals surface area contributed by atoms with E-state index in [2.05, 4.69) is 27.1 Å². The molecule has 0 saturated carbocycles. The second-order valence-electron chi connectivity index (χ2n) is 7.17. The molecule has 0 bridgehead atoms. The van der Waals surface area contributed by atoms with Gasteiger partial charge in [0.25, 0.3) is 0 Å². The molecule has 2 heterocycles. The Morgan fingerprint density at radius 3 is 2.48 bits per heavy atom. The van der Waals surface area contributed by atoms with Crippen molar-refractivity contribution < 1.29 is 12.8 Å². The van der Waals surface area contributed by atoms with Crippen LogP contribution in [0.5, 0.6) is 0 Å². The molecule has 1 saturated heterocycles. The molecule has 0 unspecified atom stereocenters. The third-order valence-corrected chi connectivity index (χ3v) is 7.09. The van der Waals surface area contributed by atoms with E-state index in [1.807, 2.05) is 18.2 Å². The molecule has 6 nitrogen and oxygen atoms in total. The van der Waals surface area contributed by atoms with E-state index in [9.17, 15) is 12.8 Å². The lowest BCUT2D eigenvalue weighted by Gasteiger charge is -2.34. The van der Waals surface area contributed by atoms with Gasteiger partial charge in [-0.2, -0.15) is 0 Å². The standard InChI is InChI=1S/C21H23FN4O2S/c1-23-21-17-7-4-8-18(26-11-9-25(2)10-12-26)20(17)24-14-19(21)29(27,28)16-6-3-5-15(22)13-16/h3-8,13-14H,9-12H2,1-2H3,(H,23,24). The molecule has 152 valence electrons. The summed E-state index contributed by atoms with van der Waals surface area (Å²) in [6, 6.07) is 10.8. The second-order valence-corrected chi connectivity index (χ2v) is 9.09. The van der Waals surface area contributed by atoms with Crippen LogP contribution in [0.3, 0.4) is 0 Å². The fourth-order valence-electron chi connectivity index (χ4n) is 3.71. The quantitative estimate of drug-likeness (QED) is 0.708. The van der Waals surface area contributed by atoms with Crippen molar-refractivity contribution in [3.63, 3.8) is 0 Å². The number of nitrogens with zero attached hydrogens (tertiary/aromatic N) is 3. The summed E-state index contributed by atoms with van der Waals surface area (Å²) in [4.78, 5) is 9.02. The number of sulfone groups is 1. The SMILES string of the molecule is CNc1c(S(=O)(=O)c2cccc(F)c2)cnc2c(N3CCN(C)CC3)cccc12. The smallest absolute Gasteiger partial charge is 0.210 e. The van der Waals surface area contributed by atoms with Crippen molar-refractivity contribution in [3.05, 3.63) is 54.5 Å². The Morgan fingerprint density at radius 2 is 1.79 bits per heavy atom. The molecule has 1 fully saturated rings. The van der Waals surface area contributed by atoms with Crippen LogP contribution in [0.2, 0.25) is 0 Å². The molecule has 4 rings (SSSR count). The molecule has 1 aromatic heterocycles. The first-order valence-corrected chi connectivity index (χ1v) is 10.9. The fourth-order valence-corrected chi connectivity index (χ4v) is 5.17. The maximum absolute atomic E-state index is 13.6. The van der Waals surface area contributed by atoms with E-state index < -0.39 is 15.7 Å². The van der Waals surface area contributed by atoms with Gasteiger partial charge >= 0.3 is 0 Å². The summed E-state index contributed by atoms with van der Waals surface area (Å²) in [5.74, 6) is -0.594. The summed E-state index contributed by atoms with van der Waals surface area (Å²) >= 11 is 0. The van der Waals surface area contributed by atoms with Crippen molar-refractivity contribution in [1.29, 1.82) is 0 Å². The minimum atomic E-state index is -3.93. The third kappa shape index (κ3) is 3.54. The zero-order valence-corrected chi connectivity index (χ0v) is 17.2. The van der Waals surface area contributed by atoms with Gasteiger partial charge in [0.1, 0.15) is 10.7 Å². The minimum Gasteiger partial charge on any atom is -0.386 e. The van der Waals surface area contributed by atoms with Crippen LogP contribution in [0.1, 0.15) is 0 Å². The van der Waals surface area contributed by atoms with Gasteiger partial charge in [0.15, 0.2) is 0 Å². The molecule has 29 heavy (non-hydrogen) atoms. The Kier molecular flexibility index (Phi) is 5.14. The maximum atomic E-state index is 13.6. The van der Waals surface area contributed by atoms with Crippen LogP contribution < -0.4 is 10.2 Å². The summed E-state index contributed by atoms with van der Waals surface area (Å²) < 4.78 is 40.0. The number of fused-ring (bicyclic) bond motifs is 1. The molecule has 1 aliphatic heterocycles. The molecule has 1 aliphatic rings. The van der Waals surface area contributed by atoms with Crippen LogP contribution in [0.4, 0.5) is 15.8 Å². The molecule has 3 aromatic rings. The lowest BCUT2D eigenvalue weighted by atomic mass is 10.1. The van der Waals surface area contributed by atoms with Crippen molar-refractivity contribution in [2.24, 2.45) is 0 Å². The zero-order chi connectivity index (χ0) is 20.6. The Morgan fingerprint density at radius 1 is 1.07 bits per heavy atom. The summed E-state index contributed by atoms with van der Waals surface area (Å²) in [6.45, 7) is 3.69. The largest absolute Gasteiger partial charge is 0.386 e. The molecule has 1 N–H and O–H groups in total. The van der Waals surface area contributed by atoms with E-state index >= 15 is 0 Å². The monoisotopic (exact) mass is 414 g/mol. The second kappa shape index (κ2) is 7.61. The lowest BCUT2D eigenvalue weighted by molar-refractivity contribution is 0.313. The number of hydrogen-bond acceptors (Lipinski definition) is 6. The molecule has 0 radical (unpaired) electrons. The van der Waals surface area contributed by atoms with Crippen molar-refractivity contribution in [2.75, 3.05) is 50.5 Å². The van der Waals surface area contributed by atoms with Gasteiger partial charge in [0.05, 0.1) is 21.8 Å². The van der Waals surface area contributed by atoms with Crippen LogP contribution in [0.15, 0.2) is 58.5 Å². The van der Waals surface area contributed by atoms with Gasteiger partial charge in [0, 0.05) is 44.8 Å². The predicted octanol–water partition coefficient (Wildman–Crippen LogP) is 3.00. The zero-order valence-electron chi connectivity index (χ0n) is 16.4. The highest BCUT2D eigenvalue weighted by Crippen LogP contribution is 2.36. The highest BCUT2D eigenvalue weighted by atomic mass is 32.2. The van der Waals surface area contributed by atoms with E-state index in [0.29, 0.717) is 5.69 Å². The highest BCUT2D eigenvalue weighted by molar-refractivity contribution is 7.91. The highest BCUT2D eigenvalue weighted by Gasteiger charge is 2.25. The average molecular weight is 415 g/mol. The molecular weight excluding hydrogens is 391 g/mol. The number of benzene rings is 2. The Labute approximate surface area is 169 Å². The Bertz CT molecular complexity index is 1160. The number of pyridine rings is 1. The van der Waals surface area contributed by atoms with E-state index in [0.717, 1.165) is 48.8 Å². The first-order valence-electron chi connectivity index (χ1n) is 9.45. The summed E-state index contributed by atoms with van der Waals surface area (Å²) in [7, 11) is -0.145. The maximum Gasteiger partial charge on any atom is 0.210 e. The Hall–Kier alpha value is -2.71. The predicted molar refractivity (Wildman–Crippen MR) is 113 cm³/mol. The van der Waals surface area contributed by atoms with E-state index in [1.165, 1.54) is 24.4 Å². The first kappa shape index (κ1) is 19.6. The number of nitrogens with one attached hydrogen (secondary N) is 1. The fraction of sp³-hybridized carbons (Fsp3) is 0.286.